The predicted octanol–water partition coefficient (Wildman–Crippen LogP) is 6.11. The summed E-state index contributed by atoms with van der Waals surface area (Å²) in [6, 6.07) is 8.79. The number of hydrogen-bond acceptors (Lipinski definition) is 4. The van der Waals surface area contributed by atoms with Gasteiger partial charge in [0, 0.05) is 18.7 Å². The summed E-state index contributed by atoms with van der Waals surface area (Å²) in [6.07, 6.45) is 6.29. The molecule has 2 rings (SSSR count). The number of aryl methyl sites for hydroxylation is 1. The summed E-state index contributed by atoms with van der Waals surface area (Å²) in [6.45, 7) is 9.24. The first-order valence-electron chi connectivity index (χ1n) is 10.4. The molecule has 0 unspecified atom stereocenters. The van der Waals surface area contributed by atoms with Gasteiger partial charge in [-0.05, 0) is 67.7 Å². The Labute approximate surface area is 188 Å². The van der Waals surface area contributed by atoms with E-state index in [9.17, 15) is 14.0 Å². The highest BCUT2D eigenvalue weighted by Crippen LogP contribution is 2.32. The van der Waals surface area contributed by atoms with Gasteiger partial charge in [-0.1, -0.05) is 31.2 Å². The van der Waals surface area contributed by atoms with Gasteiger partial charge in [-0.15, -0.1) is 0 Å². The number of carbonyl (C=O) groups excluding carboxylic acids is 2. The van der Waals surface area contributed by atoms with Crippen molar-refractivity contribution in [1.29, 1.82) is 0 Å². The van der Waals surface area contributed by atoms with E-state index in [1.54, 1.807) is 12.1 Å². The molecule has 0 spiro atoms. The Morgan fingerprint density at radius 3 is 2.53 bits per heavy atom. The number of ether oxygens (including phenoxy) is 1. The van der Waals surface area contributed by atoms with Gasteiger partial charge in [0.2, 0.25) is 5.91 Å². The SMILES string of the molecule is C/C=C(N=CCC)/C(=C\c1cc(F)c(C(=O)OC)c(NC(C)=O)c1)c1cccc(C)c1C. The van der Waals surface area contributed by atoms with Crippen LogP contribution in [0.1, 0.15) is 59.8 Å². The summed E-state index contributed by atoms with van der Waals surface area (Å²) in [5.41, 5.74) is 4.91. The highest BCUT2D eigenvalue weighted by Gasteiger charge is 2.20. The Balaban J connectivity index is 2.80. The van der Waals surface area contributed by atoms with E-state index in [-0.39, 0.29) is 11.3 Å². The Morgan fingerprint density at radius 2 is 1.94 bits per heavy atom. The van der Waals surface area contributed by atoms with Crippen molar-refractivity contribution in [2.24, 2.45) is 4.99 Å². The first kappa shape index (κ1) is 24.7. The molecule has 2 aromatic rings. The van der Waals surface area contributed by atoms with Crippen molar-refractivity contribution < 1.29 is 18.7 Å². The maximum Gasteiger partial charge on any atom is 0.342 e. The Hall–Kier alpha value is -3.54. The first-order chi connectivity index (χ1) is 15.2. The van der Waals surface area contributed by atoms with Gasteiger partial charge in [-0.25, -0.2) is 9.18 Å². The molecule has 1 N–H and O–H groups in total. The maximum atomic E-state index is 15.0. The van der Waals surface area contributed by atoms with Crippen LogP contribution in [0.3, 0.4) is 0 Å². The van der Waals surface area contributed by atoms with Gasteiger partial charge < -0.3 is 10.1 Å². The summed E-state index contributed by atoms with van der Waals surface area (Å²) in [5.74, 6) is -2.07. The Morgan fingerprint density at radius 1 is 1.22 bits per heavy atom. The van der Waals surface area contributed by atoms with E-state index >= 15 is 0 Å². The lowest BCUT2D eigenvalue weighted by Gasteiger charge is -2.15. The van der Waals surface area contributed by atoms with Crippen molar-refractivity contribution in [1.82, 2.24) is 0 Å². The number of methoxy groups -OCH3 is 1. The minimum Gasteiger partial charge on any atom is -0.465 e. The number of aliphatic imine (C=N–C) groups is 1. The topological polar surface area (TPSA) is 67.8 Å². The standard InChI is InChI=1S/C26H29FN2O3/c1-7-12-28-23(8-2)21(20-11-9-10-16(3)17(20)4)13-19-14-22(27)25(26(31)32-6)24(15-19)29-18(5)30/h8-15H,7H2,1-6H3,(H,29,30)/b21-13-,23-8-,28-12?. The number of esters is 1. The first-order valence-corrected chi connectivity index (χ1v) is 10.4. The number of carbonyl (C=O) groups is 2. The molecule has 168 valence electrons. The van der Waals surface area contributed by atoms with Crippen LogP contribution in [0.25, 0.3) is 11.6 Å². The predicted molar refractivity (Wildman–Crippen MR) is 128 cm³/mol. The van der Waals surface area contributed by atoms with Crippen molar-refractivity contribution in [2.75, 3.05) is 12.4 Å². The van der Waals surface area contributed by atoms with E-state index in [2.05, 4.69) is 15.0 Å². The van der Waals surface area contributed by atoms with Crippen LogP contribution < -0.4 is 5.32 Å². The summed E-state index contributed by atoms with van der Waals surface area (Å²) in [7, 11) is 1.16. The summed E-state index contributed by atoms with van der Waals surface area (Å²) in [4.78, 5) is 28.3. The number of amides is 1. The van der Waals surface area contributed by atoms with Crippen LogP contribution in [0.4, 0.5) is 10.1 Å². The lowest BCUT2D eigenvalue weighted by atomic mass is 9.93. The average Bonchev–Trinajstić information content (AvgIpc) is 2.74. The Kier molecular flexibility index (Phi) is 8.64. The van der Waals surface area contributed by atoms with Crippen molar-refractivity contribution in [2.45, 2.75) is 41.0 Å². The van der Waals surface area contributed by atoms with E-state index in [1.165, 1.54) is 13.0 Å². The molecule has 0 bridgehead atoms. The molecule has 6 heteroatoms. The van der Waals surface area contributed by atoms with Crippen LogP contribution in [0.2, 0.25) is 0 Å². The molecule has 32 heavy (non-hydrogen) atoms. The highest BCUT2D eigenvalue weighted by atomic mass is 19.1. The molecule has 0 aliphatic rings. The number of rotatable bonds is 7. The van der Waals surface area contributed by atoms with E-state index < -0.39 is 17.7 Å². The van der Waals surface area contributed by atoms with Crippen LogP contribution in [0, 0.1) is 19.7 Å². The van der Waals surface area contributed by atoms with Gasteiger partial charge in [0.25, 0.3) is 0 Å². The number of allylic oxidation sites excluding steroid dienone is 2. The van der Waals surface area contributed by atoms with Crippen molar-refractivity contribution >= 4 is 35.4 Å². The molecule has 0 heterocycles. The molecule has 0 aliphatic heterocycles. The van der Waals surface area contributed by atoms with E-state index in [1.807, 2.05) is 58.2 Å². The van der Waals surface area contributed by atoms with Gasteiger partial charge >= 0.3 is 5.97 Å². The van der Waals surface area contributed by atoms with Crippen molar-refractivity contribution in [3.8, 4) is 0 Å². The minimum absolute atomic E-state index is 0.0509. The molecule has 0 atom stereocenters. The third kappa shape index (κ3) is 5.78. The number of nitrogens with one attached hydrogen (secondary N) is 1. The summed E-state index contributed by atoms with van der Waals surface area (Å²) < 4.78 is 19.6. The Bertz CT molecular complexity index is 1110. The lowest BCUT2D eigenvalue weighted by Crippen LogP contribution is -2.14. The van der Waals surface area contributed by atoms with Gasteiger partial charge in [-0.3, -0.25) is 9.79 Å². The van der Waals surface area contributed by atoms with Gasteiger partial charge in [0.15, 0.2) is 0 Å². The third-order valence-corrected chi connectivity index (χ3v) is 4.98. The van der Waals surface area contributed by atoms with Gasteiger partial charge in [0.05, 0.1) is 18.5 Å². The molecular formula is C26H29FN2O3. The zero-order chi connectivity index (χ0) is 23.8. The molecule has 0 aliphatic carbocycles. The van der Waals surface area contributed by atoms with Gasteiger partial charge in [0.1, 0.15) is 11.4 Å². The van der Waals surface area contributed by atoms with Crippen LogP contribution in [-0.2, 0) is 9.53 Å². The molecule has 0 fully saturated rings. The van der Waals surface area contributed by atoms with Crippen LogP contribution >= 0.6 is 0 Å². The minimum atomic E-state index is -0.863. The highest BCUT2D eigenvalue weighted by molar-refractivity contribution is 6.02. The number of benzene rings is 2. The van der Waals surface area contributed by atoms with Crippen molar-refractivity contribution in [3.63, 3.8) is 0 Å². The fraction of sp³-hybridized carbons (Fsp3) is 0.269. The second-order valence-corrected chi connectivity index (χ2v) is 7.30. The normalized spacial score (nSPS) is 12.2. The molecular weight excluding hydrogens is 407 g/mol. The summed E-state index contributed by atoms with van der Waals surface area (Å²) >= 11 is 0. The number of halogens is 1. The fourth-order valence-electron chi connectivity index (χ4n) is 3.30. The molecule has 0 saturated carbocycles. The quantitative estimate of drug-likeness (QED) is 0.246. The smallest absolute Gasteiger partial charge is 0.342 e. The molecule has 1 amide bonds. The molecule has 0 radical (unpaired) electrons. The maximum absolute atomic E-state index is 15.0. The number of anilines is 1. The molecule has 5 nitrogen and oxygen atoms in total. The summed E-state index contributed by atoms with van der Waals surface area (Å²) in [5, 5.41) is 2.53. The third-order valence-electron chi connectivity index (χ3n) is 4.98. The van der Waals surface area contributed by atoms with E-state index in [0.717, 1.165) is 41.5 Å². The van der Waals surface area contributed by atoms with Crippen LogP contribution in [0.5, 0.6) is 0 Å². The van der Waals surface area contributed by atoms with Gasteiger partial charge in [-0.2, -0.15) is 0 Å². The molecule has 0 saturated heterocycles. The van der Waals surface area contributed by atoms with Crippen LogP contribution in [-0.4, -0.2) is 25.2 Å². The lowest BCUT2D eigenvalue weighted by molar-refractivity contribution is -0.114. The zero-order valence-electron chi connectivity index (χ0n) is 19.4. The second-order valence-electron chi connectivity index (χ2n) is 7.30. The molecule has 2 aromatic carbocycles. The largest absolute Gasteiger partial charge is 0.465 e. The van der Waals surface area contributed by atoms with E-state index in [4.69, 9.17) is 0 Å². The van der Waals surface area contributed by atoms with Crippen molar-refractivity contribution in [3.05, 3.63) is 75.7 Å². The number of nitrogens with zero attached hydrogens (tertiary/aromatic N) is 1. The fourth-order valence-corrected chi connectivity index (χ4v) is 3.30. The zero-order valence-corrected chi connectivity index (χ0v) is 19.4. The molecule has 0 aromatic heterocycles. The van der Waals surface area contributed by atoms with E-state index in [0.29, 0.717) is 5.56 Å². The number of hydrogen-bond donors (Lipinski definition) is 1. The average molecular weight is 437 g/mol. The van der Waals surface area contributed by atoms with Crippen LogP contribution in [0.15, 0.2) is 47.1 Å². The monoisotopic (exact) mass is 436 g/mol. The second kappa shape index (κ2) is 11.2.